The van der Waals surface area contributed by atoms with Crippen molar-refractivity contribution in [2.24, 2.45) is 5.73 Å². The second-order valence-corrected chi connectivity index (χ2v) is 6.77. The van der Waals surface area contributed by atoms with E-state index >= 15 is 0 Å². The van der Waals surface area contributed by atoms with Crippen LogP contribution in [0.1, 0.15) is 25.3 Å². The molecule has 0 saturated carbocycles. The van der Waals surface area contributed by atoms with Crippen molar-refractivity contribution in [3.05, 3.63) is 23.8 Å². The Hall–Kier alpha value is -1.40. The third kappa shape index (κ3) is 1.91. The molecule has 1 amide bonds. The number of fused-ring (bicyclic) bond motifs is 1. The molecule has 0 saturated heterocycles. The smallest absolute Gasteiger partial charge is 0.244 e. The van der Waals surface area contributed by atoms with Crippen molar-refractivity contribution in [3.8, 4) is 0 Å². The number of amides is 1. The topological polar surface area (TPSA) is 89.3 Å². The van der Waals surface area contributed by atoms with Crippen LogP contribution in [0.3, 0.4) is 0 Å². The summed E-state index contributed by atoms with van der Waals surface area (Å²) < 4.78 is 24.6. The number of carbonyl (C=O) groups is 1. The van der Waals surface area contributed by atoms with Crippen LogP contribution in [-0.2, 0) is 14.6 Å². The van der Waals surface area contributed by atoms with Gasteiger partial charge in [0.1, 0.15) is 0 Å². The van der Waals surface area contributed by atoms with E-state index in [0.29, 0.717) is 5.69 Å². The number of anilines is 1. The number of benzene rings is 1. The van der Waals surface area contributed by atoms with E-state index in [1.807, 2.05) is 19.9 Å². The molecular weight excluding hydrogens is 252 g/mol. The highest BCUT2D eigenvalue weighted by atomic mass is 32.2. The van der Waals surface area contributed by atoms with Crippen LogP contribution in [0, 0.1) is 0 Å². The van der Waals surface area contributed by atoms with Gasteiger partial charge >= 0.3 is 0 Å². The van der Waals surface area contributed by atoms with Gasteiger partial charge < -0.3 is 11.1 Å². The van der Waals surface area contributed by atoms with E-state index in [2.05, 4.69) is 5.32 Å². The van der Waals surface area contributed by atoms with E-state index in [4.69, 9.17) is 5.73 Å². The fourth-order valence-electron chi connectivity index (χ4n) is 1.98. The maximum atomic E-state index is 12.3. The van der Waals surface area contributed by atoms with Crippen LogP contribution >= 0.6 is 0 Å². The van der Waals surface area contributed by atoms with Crippen molar-refractivity contribution in [3.63, 3.8) is 0 Å². The first-order valence-electron chi connectivity index (χ1n) is 5.76. The van der Waals surface area contributed by atoms with Gasteiger partial charge in [-0.05, 0) is 23.6 Å². The van der Waals surface area contributed by atoms with E-state index in [0.717, 1.165) is 5.56 Å². The SMILES string of the molecule is CC(C)c1ccc2c(c1)S(=O)(=O)C(CN)C(=O)N2. The summed E-state index contributed by atoms with van der Waals surface area (Å²) in [7, 11) is -3.68. The molecule has 1 heterocycles. The summed E-state index contributed by atoms with van der Waals surface area (Å²) in [6, 6.07) is 5.08. The normalized spacial score (nSPS) is 21.6. The van der Waals surface area contributed by atoms with Crippen LogP contribution in [0.5, 0.6) is 0 Å². The monoisotopic (exact) mass is 268 g/mol. The minimum Gasteiger partial charge on any atom is -0.329 e. The molecule has 1 atom stereocenters. The number of nitrogens with two attached hydrogens (primary N) is 1. The molecule has 1 aromatic carbocycles. The molecular formula is C12H16N2O3S. The highest BCUT2D eigenvalue weighted by molar-refractivity contribution is 7.93. The molecule has 98 valence electrons. The minimum absolute atomic E-state index is 0.170. The molecule has 0 fully saturated rings. The molecule has 1 aromatic rings. The molecule has 1 aliphatic heterocycles. The van der Waals surface area contributed by atoms with Crippen LogP contribution in [-0.4, -0.2) is 26.1 Å². The van der Waals surface area contributed by atoms with E-state index in [1.165, 1.54) is 0 Å². The zero-order chi connectivity index (χ0) is 13.5. The first kappa shape index (κ1) is 13.0. The molecule has 1 aliphatic rings. The number of sulfone groups is 1. The van der Waals surface area contributed by atoms with Gasteiger partial charge in [0.25, 0.3) is 0 Å². The predicted octanol–water partition coefficient (Wildman–Crippen LogP) is 0.863. The predicted molar refractivity (Wildman–Crippen MR) is 69.2 cm³/mol. The Kier molecular flexibility index (Phi) is 3.16. The van der Waals surface area contributed by atoms with E-state index in [1.54, 1.807) is 12.1 Å². The quantitative estimate of drug-likeness (QED) is 0.832. The first-order chi connectivity index (χ1) is 8.37. The third-order valence-electron chi connectivity index (χ3n) is 3.12. The highest BCUT2D eigenvalue weighted by Gasteiger charge is 2.39. The van der Waals surface area contributed by atoms with Crippen molar-refractivity contribution in [1.29, 1.82) is 0 Å². The van der Waals surface area contributed by atoms with Gasteiger partial charge in [-0.1, -0.05) is 19.9 Å². The van der Waals surface area contributed by atoms with Crippen molar-refractivity contribution >= 4 is 21.4 Å². The Morgan fingerprint density at radius 2 is 2.06 bits per heavy atom. The Labute approximate surface area is 106 Å². The molecule has 1 unspecified atom stereocenters. The second-order valence-electron chi connectivity index (χ2n) is 4.67. The van der Waals surface area contributed by atoms with E-state index in [9.17, 15) is 13.2 Å². The lowest BCUT2D eigenvalue weighted by Crippen LogP contribution is -2.44. The molecule has 6 heteroatoms. The lowest BCUT2D eigenvalue weighted by atomic mass is 10.0. The molecule has 0 aromatic heterocycles. The summed E-state index contributed by atoms with van der Waals surface area (Å²) in [6.45, 7) is 3.76. The molecule has 3 N–H and O–H groups in total. The van der Waals surface area contributed by atoms with Gasteiger partial charge in [0.05, 0.1) is 10.6 Å². The number of nitrogens with one attached hydrogen (secondary N) is 1. The summed E-state index contributed by atoms with van der Waals surface area (Å²) in [6.07, 6.45) is 0. The largest absolute Gasteiger partial charge is 0.329 e. The van der Waals surface area contributed by atoms with Crippen molar-refractivity contribution in [1.82, 2.24) is 0 Å². The highest BCUT2D eigenvalue weighted by Crippen LogP contribution is 2.32. The molecule has 18 heavy (non-hydrogen) atoms. The molecule has 0 radical (unpaired) electrons. The number of hydrogen-bond donors (Lipinski definition) is 2. The Morgan fingerprint density at radius 1 is 1.39 bits per heavy atom. The maximum Gasteiger partial charge on any atom is 0.244 e. The zero-order valence-electron chi connectivity index (χ0n) is 10.3. The number of carbonyl (C=O) groups excluding carboxylic acids is 1. The van der Waals surface area contributed by atoms with Crippen LogP contribution in [0.25, 0.3) is 0 Å². The van der Waals surface area contributed by atoms with Gasteiger partial charge in [-0.15, -0.1) is 0 Å². The third-order valence-corrected chi connectivity index (χ3v) is 5.22. The summed E-state index contributed by atoms with van der Waals surface area (Å²) in [4.78, 5) is 11.8. The standard InChI is InChI=1S/C12H16N2O3S/c1-7(2)8-3-4-9-10(5-8)18(16,17)11(6-13)12(15)14-9/h3-5,7,11H,6,13H2,1-2H3,(H,14,15). The van der Waals surface area contributed by atoms with Gasteiger partial charge in [0.2, 0.25) is 5.91 Å². The Morgan fingerprint density at radius 3 is 2.61 bits per heavy atom. The van der Waals surface area contributed by atoms with Gasteiger partial charge in [0, 0.05) is 6.54 Å². The fourth-order valence-corrected chi connectivity index (χ4v) is 3.60. The van der Waals surface area contributed by atoms with Gasteiger partial charge in [-0.3, -0.25) is 4.79 Å². The summed E-state index contributed by atoms with van der Waals surface area (Å²) in [5.74, 6) is -0.332. The lowest BCUT2D eigenvalue weighted by molar-refractivity contribution is -0.115. The van der Waals surface area contributed by atoms with Crippen molar-refractivity contribution < 1.29 is 13.2 Å². The first-order valence-corrected chi connectivity index (χ1v) is 7.31. The van der Waals surface area contributed by atoms with Crippen LogP contribution in [0.4, 0.5) is 5.69 Å². The number of hydrogen-bond acceptors (Lipinski definition) is 4. The Bertz CT molecular complexity index is 593. The van der Waals surface area contributed by atoms with Crippen LogP contribution in [0.15, 0.2) is 23.1 Å². The Balaban J connectivity index is 2.63. The molecule has 0 spiro atoms. The summed E-state index contributed by atoms with van der Waals surface area (Å²) in [5.41, 5.74) is 6.65. The second kappa shape index (κ2) is 4.37. The zero-order valence-corrected chi connectivity index (χ0v) is 11.1. The molecule has 0 aliphatic carbocycles. The van der Waals surface area contributed by atoms with Gasteiger partial charge in [-0.25, -0.2) is 8.42 Å². The van der Waals surface area contributed by atoms with Crippen molar-refractivity contribution in [2.75, 3.05) is 11.9 Å². The van der Waals surface area contributed by atoms with Crippen LogP contribution in [0.2, 0.25) is 0 Å². The summed E-state index contributed by atoms with van der Waals surface area (Å²) in [5, 5.41) is 1.40. The minimum atomic E-state index is -3.68. The molecule has 2 rings (SSSR count). The molecule has 5 nitrogen and oxygen atoms in total. The van der Waals surface area contributed by atoms with Gasteiger partial charge in [0.15, 0.2) is 15.1 Å². The average Bonchev–Trinajstić information content (AvgIpc) is 2.28. The fraction of sp³-hybridized carbons (Fsp3) is 0.417. The van der Waals surface area contributed by atoms with Crippen LogP contribution < -0.4 is 11.1 Å². The lowest BCUT2D eigenvalue weighted by Gasteiger charge is -2.24. The van der Waals surface area contributed by atoms with Crippen molar-refractivity contribution in [2.45, 2.75) is 29.9 Å². The summed E-state index contributed by atoms with van der Waals surface area (Å²) >= 11 is 0. The molecule has 0 bridgehead atoms. The van der Waals surface area contributed by atoms with Gasteiger partial charge in [-0.2, -0.15) is 0 Å². The van der Waals surface area contributed by atoms with E-state index in [-0.39, 0.29) is 17.4 Å². The number of rotatable bonds is 2. The maximum absolute atomic E-state index is 12.3. The van der Waals surface area contributed by atoms with E-state index < -0.39 is 21.0 Å². The average molecular weight is 268 g/mol.